The van der Waals surface area contributed by atoms with Crippen LogP contribution in [0, 0.1) is 0 Å². The number of nitrogens with one attached hydrogen (secondary N) is 2. The van der Waals surface area contributed by atoms with E-state index in [1.807, 2.05) is 27.7 Å². The minimum Gasteiger partial charge on any atom is -0.444 e. The molecule has 0 radical (unpaired) electrons. The number of nitrogens with two attached hydrogens (primary N) is 1. The quantitative estimate of drug-likeness (QED) is 0.592. The van der Waals surface area contributed by atoms with Crippen LogP contribution in [0.4, 0.5) is 4.79 Å². The fourth-order valence-corrected chi connectivity index (χ4v) is 1.05. The summed E-state index contributed by atoms with van der Waals surface area (Å²) >= 11 is 0. The van der Waals surface area contributed by atoms with Gasteiger partial charge in [-0.25, -0.2) is 4.79 Å². The fourth-order valence-electron chi connectivity index (χ4n) is 1.05. The van der Waals surface area contributed by atoms with Crippen molar-refractivity contribution in [1.29, 1.82) is 0 Å². The first-order chi connectivity index (χ1) is 7.31. The van der Waals surface area contributed by atoms with Gasteiger partial charge in [-0.2, -0.15) is 0 Å². The number of carbonyl (C=O) groups excluding carboxylic acids is 1. The molecule has 0 aromatic rings. The second-order valence-corrected chi connectivity index (χ2v) is 4.96. The van der Waals surface area contributed by atoms with Crippen LogP contribution in [0.1, 0.15) is 34.1 Å². The van der Waals surface area contributed by atoms with Crippen molar-refractivity contribution in [3.8, 4) is 0 Å². The van der Waals surface area contributed by atoms with Crippen LogP contribution in [0.15, 0.2) is 0 Å². The molecule has 0 spiro atoms. The zero-order valence-electron chi connectivity index (χ0n) is 10.8. The van der Waals surface area contributed by atoms with Gasteiger partial charge in [0.25, 0.3) is 0 Å². The monoisotopic (exact) mass is 231 g/mol. The molecule has 0 heterocycles. The summed E-state index contributed by atoms with van der Waals surface area (Å²) in [7, 11) is 0. The van der Waals surface area contributed by atoms with Crippen molar-refractivity contribution >= 4 is 6.09 Å². The predicted octanol–water partition coefficient (Wildman–Crippen LogP) is 0.838. The Hall–Kier alpha value is -0.810. The zero-order chi connectivity index (χ0) is 12.6. The molecule has 5 nitrogen and oxygen atoms in total. The molecule has 4 N–H and O–H groups in total. The molecule has 0 aliphatic rings. The molecule has 0 saturated heterocycles. The Labute approximate surface area is 98.1 Å². The smallest absolute Gasteiger partial charge is 0.407 e. The normalized spacial score (nSPS) is 13.3. The molecule has 1 amide bonds. The van der Waals surface area contributed by atoms with E-state index in [0.29, 0.717) is 6.54 Å². The maximum atomic E-state index is 11.2. The number of ether oxygens (including phenoxy) is 1. The first kappa shape index (κ1) is 15.2. The summed E-state index contributed by atoms with van der Waals surface area (Å²) in [5.74, 6) is 0. The summed E-state index contributed by atoms with van der Waals surface area (Å²) in [6, 6.07) is 0.166. The Morgan fingerprint density at radius 2 is 2.00 bits per heavy atom. The van der Waals surface area contributed by atoms with Gasteiger partial charge in [0.2, 0.25) is 0 Å². The Kier molecular flexibility index (Phi) is 7.08. The van der Waals surface area contributed by atoms with Crippen LogP contribution in [0.25, 0.3) is 0 Å². The first-order valence-electron chi connectivity index (χ1n) is 5.74. The summed E-state index contributed by atoms with van der Waals surface area (Å²) in [5.41, 5.74) is 5.14. The summed E-state index contributed by atoms with van der Waals surface area (Å²) in [6.45, 7) is 9.74. The highest BCUT2D eigenvalue weighted by atomic mass is 16.6. The molecular weight excluding hydrogens is 206 g/mol. The van der Waals surface area contributed by atoms with E-state index in [-0.39, 0.29) is 12.1 Å². The van der Waals surface area contributed by atoms with Crippen LogP contribution < -0.4 is 16.4 Å². The first-order valence-corrected chi connectivity index (χ1v) is 5.74. The number of hydrogen-bond acceptors (Lipinski definition) is 4. The van der Waals surface area contributed by atoms with Crippen molar-refractivity contribution in [2.45, 2.75) is 45.8 Å². The number of rotatable bonds is 6. The van der Waals surface area contributed by atoms with E-state index in [0.717, 1.165) is 19.5 Å². The van der Waals surface area contributed by atoms with Gasteiger partial charge in [-0.05, 0) is 40.7 Å². The zero-order valence-corrected chi connectivity index (χ0v) is 10.8. The molecule has 96 valence electrons. The van der Waals surface area contributed by atoms with E-state index < -0.39 is 5.60 Å². The summed E-state index contributed by atoms with van der Waals surface area (Å²) < 4.78 is 5.09. The molecule has 0 aromatic carbocycles. The molecule has 0 aromatic heterocycles. The van der Waals surface area contributed by atoms with Gasteiger partial charge in [0.05, 0.1) is 0 Å². The van der Waals surface area contributed by atoms with Crippen LogP contribution in [-0.2, 0) is 4.74 Å². The lowest BCUT2D eigenvalue weighted by Crippen LogP contribution is -2.35. The topological polar surface area (TPSA) is 76.4 Å². The van der Waals surface area contributed by atoms with E-state index in [9.17, 15) is 4.79 Å². The number of amides is 1. The molecular formula is C11H25N3O2. The van der Waals surface area contributed by atoms with Crippen molar-refractivity contribution in [3.05, 3.63) is 0 Å². The maximum Gasteiger partial charge on any atom is 0.407 e. The molecule has 1 atom stereocenters. The van der Waals surface area contributed by atoms with Gasteiger partial charge >= 0.3 is 6.09 Å². The molecule has 0 aliphatic heterocycles. The average molecular weight is 231 g/mol. The molecule has 0 saturated carbocycles. The lowest BCUT2D eigenvalue weighted by molar-refractivity contribution is 0.0527. The van der Waals surface area contributed by atoms with Crippen LogP contribution in [0.2, 0.25) is 0 Å². The Bertz CT molecular complexity index is 200. The lowest BCUT2D eigenvalue weighted by Gasteiger charge is -2.19. The van der Waals surface area contributed by atoms with E-state index in [1.165, 1.54) is 0 Å². The van der Waals surface area contributed by atoms with Gasteiger partial charge in [0.1, 0.15) is 5.60 Å². The van der Waals surface area contributed by atoms with Crippen LogP contribution >= 0.6 is 0 Å². The van der Waals surface area contributed by atoms with Crippen molar-refractivity contribution in [1.82, 2.24) is 10.6 Å². The van der Waals surface area contributed by atoms with E-state index >= 15 is 0 Å². The highest BCUT2D eigenvalue weighted by molar-refractivity contribution is 5.67. The lowest BCUT2D eigenvalue weighted by atomic mass is 10.2. The van der Waals surface area contributed by atoms with E-state index in [4.69, 9.17) is 10.5 Å². The summed E-state index contributed by atoms with van der Waals surface area (Å²) in [6.07, 6.45) is 0.506. The summed E-state index contributed by atoms with van der Waals surface area (Å²) in [5, 5.41) is 5.88. The van der Waals surface area contributed by atoms with Crippen molar-refractivity contribution in [2.75, 3.05) is 19.6 Å². The number of hydrogen-bond donors (Lipinski definition) is 3. The highest BCUT2D eigenvalue weighted by Gasteiger charge is 2.15. The minimum absolute atomic E-state index is 0.166. The fraction of sp³-hybridized carbons (Fsp3) is 0.909. The third-order valence-electron chi connectivity index (χ3n) is 1.66. The van der Waals surface area contributed by atoms with Crippen molar-refractivity contribution in [3.63, 3.8) is 0 Å². The molecule has 0 bridgehead atoms. The van der Waals surface area contributed by atoms with Gasteiger partial charge < -0.3 is 21.1 Å². The Morgan fingerprint density at radius 3 is 2.50 bits per heavy atom. The molecule has 16 heavy (non-hydrogen) atoms. The van der Waals surface area contributed by atoms with Gasteiger partial charge in [-0.15, -0.1) is 0 Å². The largest absolute Gasteiger partial charge is 0.444 e. The van der Waals surface area contributed by atoms with Crippen LogP contribution in [-0.4, -0.2) is 37.4 Å². The molecule has 0 rings (SSSR count). The van der Waals surface area contributed by atoms with Crippen LogP contribution in [0.3, 0.4) is 0 Å². The van der Waals surface area contributed by atoms with Gasteiger partial charge in [0, 0.05) is 19.1 Å². The van der Waals surface area contributed by atoms with Crippen molar-refractivity contribution in [2.24, 2.45) is 5.73 Å². The molecule has 0 fully saturated rings. The second kappa shape index (κ2) is 7.46. The SMILES string of the molecule is C[C@H](N)CNCCCNC(=O)OC(C)(C)C. The Balaban J connectivity index is 3.35. The highest BCUT2D eigenvalue weighted by Crippen LogP contribution is 2.06. The van der Waals surface area contributed by atoms with Gasteiger partial charge in [-0.3, -0.25) is 0 Å². The van der Waals surface area contributed by atoms with Crippen LogP contribution in [0.5, 0.6) is 0 Å². The minimum atomic E-state index is -0.433. The average Bonchev–Trinajstić information content (AvgIpc) is 2.07. The molecule has 5 heteroatoms. The predicted molar refractivity (Wildman–Crippen MR) is 65.4 cm³/mol. The summed E-state index contributed by atoms with van der Waals surface area (Å²) in [4.78, 5) is 11.2. The van der Waals surface area contributed by atoms with Gasteiger partial charge in [-0.1, -0.05) is 0 Å². The number of alkyl carbamates (subject to hydrolysis) is 1. The third kappa shape index (κ3) is 11.3. The van der Waals surface area contributed by atoms with E-state index in [1.54, 1.807) is 0 Å². The second-order valence-electron chi connectivity index (χ2n) is 4.96. The Morgan fingerprint density at radius 1 is 1.38 bits per heavy atom. The maximum absolute atomic E-state index is 11.2. The number of carbonyl (C=O) groups is 1. The third-order valence-corrected chi connectivity index (χ3v) is 1.66. The molecule has 0 unspecified atom stereocenters. The van der Waals surface area contributed by atoms with E-state index in [2.05, 4.69) is 10.6 Å². The standard InChI is InChI=1S/C11H25N3O2/c1-9(12)8-13-6-5-7-14-10(15)16-11(2,3)4/h9,13H,5-8,12H2,1-4H3,(H,14,15)/t9-/m0/s1. The van der Waals surface area contributed by atoms with Crippen molar-refractivity contribution < 1.29 is 9.53 Å². The van der Waals surface area contributed by atoms with Gasteiger partial charge in [0.15, 0.2) is 0 Å². The molecule has 0 aliphatic carbocycles.